The highest BCUT2D eigenvalue weighted by molar-refractivity contribution is 7.10. The lowest BCUT2D eigenvalue weighted by Crippen LogP contribution is -2.32. The number of aliphatic carboxylic acids is 1. The van der Waals surface area contributed by atoms with Gasteiger partial charge >= 0.3 is 5.97 Å². The van der Waals surface area contributed by atoms with Gasteiger partial charge in [0.2, 0.25) is 0 Å². The van der Waals surface area contributed by atoms with Crippen molar-refractivity contribution in [3.63, 3.8) is 0 Å². The van der Waals surface area contributed by atoms with Crippen molar-refractivity contribution in [3.8, 4) is 0 Å². The standard InChI is InChI=1S/C11H8ClNO4S/c12-8-4-3-6(17-8)10(14)13-9(11(15)16)7-2-1-5-18-7/h1-5,9H,(H,13,14)(H,15,16). The van der Waals surface area contributed by atoms with Gasteiger partial charge in [-0.15, -0.1) is 11.3 Å². The zero-order chi connectivity index (χ0) is 13.1. The van der Waals surface area contributed by atoms with Crippen LogP contribution in [0, 0.1) is 0 Å². The molecule has 0 bridgehead atoms. The Bertz CT molecular complexity index is 563. The average molecular weight is 286 g/mol. The number of halogens is 1. The predicted octanol–water partition coefficient (Wildman–Crippen LogP) is 2.55. The van der Waals surface area contributed by atoms with E-state index >= 15 is 0 Å². The summed E-state index contributed by atoms with van der Waals surface area (Å²) in [5, 5.41) is 13.3. The summed E-state index contributed by atoms with van der Waals surface area (Å²) in [4.78, 5) is 23.4. The predicted molar refractivity (Wildman–Crippen MR) is 65.9 cm³/mol. The highest BCUT2D eigenvalue weighted by atomic mass is 35.5. The molecule has 0 radical (unpaired) electrons. The molecule has 0 saturated carbocycles. The van der Waals surface area contributed by atoms with Crippen LogP contribution in [0.3, 0.4) is 0 Å². The molecule has 5 nitrogen and oxygen atoms in total. The van der Waals surface area contributed by atoms with Gasteiger partial charge < -0.3 is 14.8 Å². The van der Waals surface area contributed by atoms with Gasteiger partial charge in [0.1, 0.15) is 0 Å². The Kier molecular flexibility index (Phi) is 3.69. The molecule has 2 N–H and O–H groups in total. The molecule has 2 aromatic heterocycles. The lowest BCUT2D eigenvalue weighted by atomic mass is 10.2. The molecule has 0 fully saturated rings. The summed E-state index contributed by atoms with van der Waals surface area (Å²) in [6.07, 6.45) is 0. The Morgan fingerprint density at radius 3 is 2.67 bits per heavy atom. The summed E-state index contributed by atoms with van der Waals surface area (Å²) < 4.78 is 4.91. The van der Waals surface area contributed by atoms with E-state index in [1.54, 1.807) is 17.5 Å². The van der Waals surface area contributed by atoms with Crippen LogP contribution >= 0.6 is 22.9 Å². The van der Waals surface area contributed by atoms with Crippen LogP contribution in [0.4, 0.5) is 0 Å². The van der Waals surface area contributed by atoms with Crippen LogP contribution in [-0.2, 0) is 4.79 Å². The largest absolute Gasteiger partial charge is 0.479 e. The van der Waals surface area contributed by atoms with Gasteiger partial charge in [-0.2, -0.15) is 0 Å². The Hall–Kier alpha value is -1.79. The maximum Gasteiger partial charge on any atom is 0.331 e. The van der Waals surface area contributed by atoms with Crippen LogP contribution in [0.15, 0.2) is 34.1 Å². The smallest absolute Gasteiger partial charge is 0.331 e. The van der Waals surface area contributed by atoms with E-state index in [-0.39, 0.29) is 11.0 Å². The molecule has 0 spiro atoms. The molecule has 0 aliphatic carbocycles. The van der Waals surface area contributed by atoms with Gasteiger partial charge in [0.15, 0.2) is 17.0 Å². The molecule has 0 aromatic carbocycles. The third-order valence-corrected chi connectivity index (χ3v) is 3.29. The summed E-state index contributed by atoms with van der Waals surface area (Å²) in [5.41, 5.74) is 0. The number of amides is 1. The molecular weight excluding hydrogens is 278 g/mol. The monoisotopic (exact) mass is 285 g/mol. The zero-order valence-corrected chi connectivity index (χ0v) is 10.5. The van der Waals surface area contributed by atoms with Crippen molar-refractivity contribution in [2.75, 3.05) is 0 Å². The summed E-state index contributed by atoms with van der Waals surface area (Å²) in [5.74, 6) is -1.78. The summed E-state index contributed by atoms with van der Waals surface area (Å²) >= 11 is 6.79. The summed E-state index contributed by atoms with van der Waals surface area (Å²) in [6.45, 7) is 0. The van der Waals surface area contributed by atoms with Crippen LogP contribution in [0.1, 0.15) is 21.5 Å². The Balaban J connectivity index is 2.15. The first-order valence-electron chi connectivity index (χ1n) is 4.90. The molecule has 0 aliphatic heterocycles. The van der Waals surface area contributed by atoms with Crippen molar-refractivity contribution < 1.29 is 19.1 Å². The second-order valence-corrected chi connectivity index (χ2v) is 4.72. The van der Waals surface area contributed by atoms with Gasteiger partial charge in [-0.05, 0) is 35.2 Å². The number of rotatable bonds is 4. The molecule has 1 unspecified atom stereocenters. The molecule has 0 saturated heterocycles. The molecule has 2 rings (SSSR count). The first kappa shape index (κ1) is 12.7. The molecule has 94 valence electrons. The van der Waals surface area contributed by atoms with Gasteiger partial charge in [0.05, 0.1) is 0 Å². The maximum absolute atomic E-state index is 11.7. The van der Waals surface area contributed by atoms with Crippen LogP contribution in [0.5, 0.6) is 0 Å². The van der Waals surface area contributed by atoms with E-state index in [1.165, 1.54) is 23.5 Å². The summed E-state index contributed by atoms with van der Waals surface area (Å²) in [7, 11) is 0. The van der Waals surface area contributed by atoms with Crippen molar-refractivity contribution in [2.24, 2.45) is 0 Å². The molecule has 18 heavy (non-hydrogen) atoms. The fourth-order valence-electron chi connectivity index (χ4n) is 1.35. The number of hydrogen-bond donors (Lipinski definition) is 2. The van der Waals surface area contributed by atoms with Crippen LogP contribution < -0.4 is 5.32 Å². The van der Waals surface area contributed by atoms with E-state index in [9.17, 15) is 9.59 Å². The van der Waals surface area contributed by atoms with Gasteiger partial charge in [-0.25, -0.2) is 4.79 Å². The van der Waals surface area contributed by atoms with E-state index in [4.69, 9.17) is 21.1 Å². The Morgan fingerprint density at radius 2 is 2.17 bits per heavy atom. The maximum atomic E-state index is 11.7. The van der Waals surface area contributed by atoms with Crippen LogP contribution in [0.25, 0.3) is 0 Å². The number of hydrogen-bond acceptors (Lipinski definition) is 4. The van der Waals surface area contributed by atoms with Crippen molar-refractivity contribution in [2.45, 2.75) is 6.04 Å². The third kappa shape index (κ3) is 2.72. The van der Waals surface area contributed by atoms with Gasteiger partial charge in [0, 0.05) is 4.88 Å². The molecule has 2 aromatic rings. The number of thiophene rings is 1. The SMILES string of the molecule is O=C(NC(C(=O)O)c1cccs1)c1ccc(Cl)o1. The van der Waals surface area contributed by atoms with Crippen molar-refractivity contribution >= 4 is 34.8 Å². The minimum atomic E-state index is -1.14. The normalized spacial score (nSPS) is 12.1. The van der Waals surface area contributed by atoms with Gasteiger partial charge in [-0.1, -0.05) is 6.07 Å². The fraction of sp³-hybridized carbons (Fsp3) is 0.0909. The lowest BCUT2D eigenvalue weighted by molar-refractivity contribution is -0.139. The van der Waals surface area contributed by atoms with E-state index in [0.29, 0.717) is 4.88 Å². The number of furan rings is 1. The van der Waals surface area contributed by atoms with Crippen molar-refractivity contribution in [1.82, 2.24) is 5.32 Å². The minimum Gasteiger partial charge on any atom is -0.479 e. The zero-order valence-electron chi connectivity index (χ0n) is 8.92. The highest BCUT2D eigenvalue weighted by Gasteiger charge is 2.24. The van der Waals surface area contributed by atoms with Crippen molar-refractivity contribution in [3.05, 3.63) is 45.5 Å². The second-order valence-electron chi connectivity index (χ2n) is 3.36. The fourth-order valence-corrected chi connectivity index (χ4v) is 2.26. The van der Waals surface area contributed by atoms with Crippen molar-refractivity contribution in [1.29, 1.82) is 0 Å². The number of carbonyl (C=O) groups is 2. The van der Waals surface area contributed by atoms with E-state index in [1.807, 2.05) is 0 Å². The average Bonchev–Trinajstić information content (AvgIpc) is 2.95. The minimum absolute atomic E-state index is 0.0252. The Labute approximate surface area is 111 Å². The molecule has 1 amide bonds. The lowest BCUT2D eigenvalue weighted by Gasteiger charge is -2.11. The number of carboxylic acid groups (broad SMARTS) is 1. The summed E-state index contributed by atoms with van der Waals surface area (Å²) in [6, 6.07) is 5.05. The molecule has 1 atom stereocenters. The van der Waals surface area contributed by atoms with E-state index < -0.39 is 17.9 Å². The molecule has 2 heterocycles. The first-order valence-corrected chi connectivity index (χ1v) is 6.16. The molecule has 0 aliphatic rings. The number of carbonyl (C=O) groups excluding carboxylic acids is 1. The molecule has 7 heteroatoms. The highest BCUT2D eigenvalue weighted by Crippen LogP contribution is 2.20. The second kappa shape index (κ2) is 5.24. The quantitative estimate of drug-likeness (QED) is 0.905. The first-order chi connectivity index (χ1) is 8.58. The van der Waals surface area contributed by atoms with Gasteiger partial charge in [0.25, 0.3) is 5.91 Å². The van der Waals surface area contributed by atoms with E-state index in [0.717, 1.165) is 0 Å². The Morgan fingerprint density at radius 1 is 1.39 bits per heavy atom. The third-order valence-electron chi connectivity index (χ3n) is 2.15. The van der Waals surface area contributed by atoms with Gasteiger partial charge in [-0.3, -0.25) is 4.79 Å². The topological polar surface area (TPSA) is 79.5 Å². The van der Waals surface area contributed by atoms with Crippen LogP contribution in [0.2, 0.25) is 5.22 Å². The van der Waals surface area contributed by atoms with Crippen LogP contribution in [-0.4, -0.2) is 17.0 Å². The number of carboxylic acids is 1. The number of nitrogens with one attached hydrogen (secondary N) is 1. The molecular formula is C11H8ClNO4S. The van der Waals surface area contributed by atoms with E-state index in [2.05, 4.69) is 5.32 Å².